The molecular weight excluding hydrogens is 176 g/mol. The van der Waals surface area contributed by atoms with Crippen molar-refractivity contribution < 1.29 is 0 Å². The summed E-state index contributed by atoms with van der Waals surface area (Å²) in [6.07, 6.45) is 5.80. The van der Waals surface area contributed by atoms with E-state index in [1.807, 2.05) is 0 Å². The molecule has 0 radical (unpaired) electrons. The predicted molar refractivity (Wildman–Crippen MR) is 54.8 cm³/mol. The van der Waals surface area contributed by atoms with Gasteiger partial charge in [0.2, 0.25) is 0 Å². The molecule has 78 valence electrons. The summed E-state index contributed by atoms with van der Waals surface area (Å²) in [5, 5.41) is 7.15. The van der Waals surface area contributed by atoms with Gasteiger partial charge in [0.1, 0.15) is 5.82 Å². The molecule has 0 unspecified atom stereocenters. The van der Waals surface area contributed by atoms with Crippen molar-refractivity contribution in [2.24, 2.45) is 5.73 Å². The predicted octanol–water partition coefficient (Wildman–Crippen LogP) is 1.87. The van der Waals surface area contributed by atoms with Gasteiger partial charge in [-0.1, -0.05) is 19.8 Å². The van der Waals surface area contributed by atoms with E-state index in [4.69, 9.17) is 5.73 Å². The van der Waals surface area contributed by atoms with E-state index in [2.05, 4.69) is 22.1 Å². The normalized spacial score (nSPS) is 18.4. The fraction of sp³-hybridized carbons (Fsp3) is 0.800. The third-order valence-corrected chi connectivity index (χ3v) is 2.68. The number of aromatic nitrogens is 3. The van der Waals surface area contributed by atoms with E-state index in [-0.39, 0.29) is 6.04 Å². The van der Waals surface area contributed by atoms with Crippen molar-refractivity contribution in [3.05, 3.63) is 11.6 Å². The maximum Gasteiger partial charge on any atom is 0.167 e. The van der Waals surface area contributed by atoms with Crippen LogP contribution in [0.3, 0.4) is 0 Å². The first-order valence-corrected chi connectivity index (χ1v) is 5.49. The lowest BCUT2D eigenvalue weighted by molar-refractivity contribution is 0.576. The minimum atomic E-state index is 0.0127. The van der Waals surface area contributed by atoms with Gasteiger partial charge < -0.3 is 5.73 Å². The SMILES string of the molecule is CCCC[C@H](N)c1n[nH]c(C2CC2)n1. The molecular formula is C10H18N4. The lowest BCUT2D eigenvalue weighted by Gasteiger charge is -2.04. The van der Waals surface area contributed by atoms with Crippen LogP contribution in [0.4, 0.5) is 0 Å². The van der Waals surface area contributed by atoms with Gasteiger partial charge in [0, 0.05) is 5.92 Å². The van der Waals surface area contributed by atoms with Gasteiger partial charge in [0.15, 0.2) is 5.82 Å². The van der Waals surface area contributed by atoms with E-state index >= 15 is 0 Å². The number of nitrogens with two attached hydrogens (primary N) is 1. The standard InChI is InChI=1S/C10H18N4/c1-2-3-4-8(11)10-12-9(13-14-10)7-5-6-7/h7-8H,2-6,11H2,1H3,(H,12,13,14)/t8-/m0/s1. The van der Waals surface area contributed by atoms with Gasteiger partial charge in [0.05, 0.1) is 6.04 Å². The van der Waals surface area contributed by atoms with Crippen molar-refractivity contribution in [2.75, 3.05) is 0 Å². The average Bonchev–Trinajstić information content (AvgIpc) is 2.93. The molecule has 3 N–H and O–H groups in total. The Kier molecular flexibility index (Phi) is 2.82. The van der Waals surface area contributed by atoms with Crippen LogP contribution in [-0.4, -0.2) is 15.2 Å². The maximum absolute atomic E-state index is 5.97. The highest BCUT2D eigenvalue weighted by atomic mass is 15.2. The molecule has 0 aliphatic heterocycles. The molecule has 1 fully saturated rings. The topological polar surface area (TPSA) is 67.6 Å². The first kappa shape index (κ1) is 9.65. The molecule has 0 saturated heterocycles. The van der Waals surface area contributed by atoms with Crippen LogP contribution in [-0.2, 0) is 0 Å². The van der Waals surface area contributed by atoms with Gasteiger partial charge in [-0.05, 0) is 19.3 Å². The number of unbranched alkanes of at least 4 members (excludes halogenated alkanes) is 1. The van der Waals surface area contributed by atoms with E-state index in [0.717, 1.165) is 24.5 Å². The van der Waals surface area contributed by atoms with Crippen molar-refractivity contribution in [1.29, 1.82) is 0 Å². The van der Waals surface area contributed by atoms with E-state index in [1.54, 1.807) is 0 Å². The van der Waals surface area contributed by atoms with Gasteiger partial charge in [-0.3, -0.25) is 5.10 Å². The summed E-state index contributed by atoms with van der Waals surface area (Å²) in [5.74, 6) is 2.46. The Bertz CT molecular complexity index is 290. The fourth-order valence-corrected chi connectivity index (χ4v) is 1.55. The summed E-state index contributed by atoms with van der Waals surface area (Å²) < 4.78 is 0. The second kappa shape index (κ2) is 4.09. The molecule has 1 aromatic rings. The monoisotopic (exact) mass is 194 g/mol. The molecule has 0 spiro atoms. The van der Waals surface area contributed by atoms with E-state index in [9.17, 15) is 0 Å². The molecule has 2 rings (SSSR count). The maximum atomic E-state index is 5.97. The van der Waals surface area contributed by atoms with Crippen LogP contribution in [0.15, 0.2) is 0 Å². The number of nitrogens with zero attached hydrogens (tertiary/aromatic N) is 2. The fourth-order valence-electron chi connectivity index (χ4n) is 1.55. The number of nitrogens with one attached hydrogen (secondary N) is 1. The molecule has 1 aliphatic carbocycles. The molecule has 0 bridgehead atoms. The van der Waals surface area contributed by atoms with Gasteiger partial charge in [0.25, 0.3) is 0 Å². The summed E-state index contributed by atoms with van der Waals surface area (Å²) in [6, 6.07) is 0.0127. The summed E-state index contributed by atoms with van der Waals surface area (Å²) in [4.78, 5) is 4.43. The number of hydrogen-bond acceptors (Lipinski definition) is 3. The number of aromatic amines is 1. The van der Waals surface area contributed by atoms with Crippen LogP contribution < -0.4 is 5.73 Å². The van der Waals surface area contributed by atoms with Crippen LogP contribution in [0.5, 0.6) is 0 Å². The molecule has 1 aliphatic rings. The van der Waals surface area contributed by atoms with Crippen molar-refractivity contribution in [1.82, 2.24) is 15.2 Å². The zero-order valence-corrected chi connectivity index (χ0v) is 8.66. The minimum Gasteiger partial charge on any atom is -0.321 e. The Hall–Kier alpha value is -0.900. The van der Waals surface area contributed by atoms with Crippen molar-refractivity contribution >= 4 is 0 Å². The Morgan fingerprint density at radius 3 is 3.00 bits per heavy atom. The Labute approximate surface area is 84.3 Å². The van der Waals surface area contributed by atoms with Gasteiger partial charge in [-0.2, -0.15) is 5.10 Å². The lowest BCUT2D eigenvalue weighted by atomic mass is 10.1. The Balaban J connectivity index is 1.93. The van der Waals surface area contributed by atoms with Crippen LogP contribution in [0.2, 0.25) is 0 Å². The van der Waals surface area contributed by atoms with Crippen molar-refractivity contribution in [3.8, 4) is 0 Å². The molecule has 4 nitrogen and oxygen atoms in total. The van der Waals surface area contributed by atoms with Crippen LogP contribution in [0.1, 0.15) is 62.6 Å². The van der Waals surface area contributed by atoms with Crippen LogP contribution in [0, 0.1) is 0 Å². The van der Waals surface area contributed by atoms with E-state index in [0.29, 0.717) is 5.92 Å². The third kappa shape index (κ3) is 2.12. The quantitative estimate of drug-likeness (QED) is 0.752. The number of H-pyrrole nitrogens is 1. The first-order chi connectivity index (χ1) is 6.81. The molecule has 0 aromatic carbocycles. The molecule has 1 saturated carbocycles. The highest BCUT2D eigenvalue weighted by molar-refractivity contribution is 5.06. The first-order valence-electron chi connectivity index (χ1n) is 5.49. The number of hydrogen-bond donors (Lipinski definition) is 2. The smallest absolute Gasteiger partial charge is 0.167 e. The van der Waals surface area contributed by atoms with Gasteiger partial charge in [-0.15, -0.1) is 0 Å². The summed E-state index contributed by atoms with van der Waals surface area (Å²) in [7, 11) is 0. The molecule has 14 heavy (non-hydrogen) atoms. The molecule has 1 aromatic heterocycles. The van der Waals surface area contributed by atoms with Gasteiger partial charge in [-0.25, -0.2) is 4.98 Å². The number of rotatable bonds is 5. The van der Waals surface area contributed by atoms with Crippen molar-refractivity contribution in [2.45, 2.75) is 51.0 Å². The van der Waals surface area contributed by atoms with E-state index < -0.39 is 0 Å². The Morgan fingerprint density at radius 1 is 1.57 bits per heavy atom. The van der Waals surface area contributed by atoms with Gasteiger partial charge >= 0.3 is 0 Å². The summed E-state index contributed by atoms with van der Waals surface area (Å²) in [5.41, 5.74) is 5.97. The Morgan fingerprint density at radius 2 is 2.36 bits per heavy atom. The second-order valence-corrected chi connectivity index (χ2v) is 4.10. The van der Waals surface area contributed by atoms with Crippen LogP contribution in [0.25, 0.3) is 0 Å². The molecule has 4 heteroatoms. The minimum absolute atomic E-state index is 0.0127. The highest BCUT2D eigenvalue weighted by Crippen LogP contribution is 2.38. The average molecular weight is 194 g/mol. The van der Waals surface area contributed by atoms with E-state index in [1.165, 1.54) is 19.3 Å². The third-order valence-electron chi connectivity index (χ3n) is 2.68. The molecule has 1 heterocycles. The summed E-state index contributed by atoms with van der Waals surface area (Å²) in [6.45, 7) is 2.17. The highest BCUT2D eigenvalue weighted by Gasteiger charge is 2.27. The molecule has 0 amide bonds. The van der Waals surface area contributed by atoms with Crippen LogP contribution >= 0.6 is 0 Å². The van der Waals surface area contributed by atoms with Crippen molar-refractivity contribution in [3.63, 3.8) is 0 Å². The largest absolute Gasteiger partial charge is 0.321 e. The lowest BCUT2D eigenvalue weighted by Crippen LogP contribution is -2.11. The summed E-state index contributed by atoms with van der Waals surface area (Å²) >= 11 is 0. The molecule has 1 atom stereocenters. The second-order valence-electron chi connectivity index (χ2n) is 4.10. The zero-order chi connectivity index (χ0) is 9.97. The zero-order valence-electron chi connectivity index (χ0n) is 8.66.